The molecule has 0 radical (unpaired) electrons. The van der Waals surface area contributed by atoms with Crippen molar-refractivity contribution in [2.75, 3.05) is 13.2 Å². The van der Waals surface area contributed by atoms with E-state index < -0.39 is 11.9 Å². The van der Waals surface area contributed by atoms with Crippen LogP contribution in [0, 0.1) is 0 Å². The number of hydrogen-bond donors (Lipinski definition) is 0. The summed E-state index contributed by atoms with van der Waals surface area (Å²) in [5.74, 6) is -0.850. The van der Waals surface area contributed by atoms with E-state index in [0.717, 1.165) is 6.42 Å². The van der Waals surface area contributed by atoms with E-state index in [1.165, 1.54) is 10.5 Å². The zero-order chi connectivity index (χ0) is 25.7. The number of unbranched alkanes of at least 4 members (excludes halogenated alkanes) is 1. The molecule has 9 nitrogen and oxygen atoms in total. The number of carbonyl (C=O) groups is 2. The van der Waals surface area contributed by atoms with E-state index >= 15 is 0 Å². The minimum Gasteiger partial charge on any atom is -0.484 e. The molecule has 0 fully saturated rings. The number of pyridine rings is 2. The molecule has 3 heterocycles. The average Bonchev–Trinajstić information content (AvgIpc) is 2.88. The molecular weight excluding hydrogens is 484 g/mol. The quantitative estimate of drug-likeness (QED) is 0.265. The lowest BCUT2D eigenvalue weighted by molar-refractivity contribution is -0.120. The molecule has 0 saturated heterocycles. The fourth-order valence-electron chi connectivity index (χ4n) is 3.71. The summed E-state index contributed by atoms with van der Waals surface area (Å²) in [6.07, 6.45) is 3.15. The summed E-state index contributed by atoms with van der Waals surface area (Å²) in [7, 11) is 0. The largest absolute Gasteiger partial charge is 0.484 e. The fourth-order valence-corrected chi connectivity index (χ4v) is 3.84. The van der Waals surface area contributed by atoms with Crippen molar-refractivity contribution in [3.63, 3.8) is 0 Å². The van der Waals surface area contributed by atoms with Gasteiger partial charge in [-0.2, -0.15) is 4.99 Å². The van der Waals surface area contributed by atoms with Crippen molar-refractivity contribution in [2.24, 2.45) is 4.99 Å². The number of amides is 1. The molecule has 0 bridgehead atoms. The molecule has 36 heavy (non-hydrogen) atoms. The minimum atomic E-state index is -0.688. The molecule has 0 aliphatic carbocycles. The second-order valence-electron chi connectivity index (χ2n) is 7.94. The second kappa shape index (κ2) is 11.2. The Bertz CT molecular complexity index is 1560. The van der Waals surface area contributed by atoms with E-state index in [0.29, 0.717) is 35.0 Å². The molecule has 0 N–H and O–H groups in total. The van der Waals surface area contributed by atoms with E-state index in [-0.39, 0.29) is 35.2 Å². The van der Waals surface area contributed by atoms with Crippen molar-refractivity contribution in [1.82, 2.24) is 14.0 Å². The molecule has 1 aromatic carbocycles. The summed E-state index contributed by atoms with van der Waals surface area (Å²) < 4.78 is 13.8. The van der Waals surface area contributed by atoms with Crippen LogP contribution in [-0.4, -0.2) is 39.0 Å². The van der Waals surface area contributed by atoms with Crippen LogP contribution in [0.3, 0.4) is 0 Å². The summed E-state index contributed by atoms with van der Waals surface area (Å²) >= 11 is 5.89. The van der Waals surface area contributed by atoms with Crippen molar-refractivity contribution < 1.29 is 19.1 Å². The minimum absolute atomic E-state index is 0.00933. The van der Waals surface area contributed by atoms with Gasteiger partial charge >= 0.3 is 5.97 Å². The van der Waals surface area contributed by atoms with Crippen molar-refractivity contribution in [2.45, 2.75) is 33.2 Å². The van der Waals surface area contributed by atoms with Gasteiger partial charge in [0.1, 0.15) is 22.6 Å². The van der Waals surface area contributed by atoms with Gasteiger partial charge in [-0.1, -0.05) is 31.0 Å². The molecule has 0 aliphatic heterocycles. The first-order valence-electron chi connectivity index (χ1n) is 11.6. The molecule has 3 aromatic heterocycles. The normalized spacial score (nSPS) is 11.7. The highest BCUT2D eigenvalue weighted by molar-refractivity contribution is 6.30. The zero-order valence-electron chi connectivity index (χ0n) is 19.9. The summed E-state index contributed by atoms with van der Waals surface area (Å²) in [5.41, 5.74) is 0.516. The number of rotatable bonds is 8. The number of hydrogen-bond acceptors (Lipinski definition) is 6. The van der Waals surface area contributed by atoms with Gasteiger partial charge in [-0.05, 0) is 55.8 Å². The van der Waals surface area contributed by atoms with Gasteiger partial charge in [0.2, 0.25) is 0 Å². The van der Waals surface area contributed by atoms with Crippen LogP contribution in [-0.2, 0) is 16.1 Å². The van der Waals surface area contributed by atoms with Crippen molar-refractivity contribution >= 4 is 40.2 Å². The van der Waals surface area contributed by atoms with Gasteiger partial charge in [-0.3, -0.25) is 14.0 Å². The van der Waals surface area contributed by atoms with Crippen LogP contribution >= 0.6 is 11.6 Å². The highest BCUT2D eigenvalue weighted by atomic mass is 35.5. The van der Waals surface area contributed by atoms with Gasteiger partial charge < -0.3 is 14.0 Å². The van der Waals surface area contributed by atoms with Gasteiger partial charge in [-0.15, -0.1) is 0 Å². The second-order valence-corrected chi connectivity index (χ2v) is 8.37. The Morgan fingerprint density at radius 1 is 1.11 bits per heavy atom. The monoisotopic (exact) mass is 508 g/mol. The fraction of sp³-hybridized carbons (Fsp3) is 0.269. The van der Waals surface area contributed by atoms with Crippen LogP contribution < -0.4 is 15.8 Å². The number of aromatic nitrogens is 3. The maximum atomic E-state index is 13.3. The number of nitrogens with zero attached hydrogens (tertiary/aromatic N) is 4. The molecule has 0 saturated carbocycles. The molecule has 0 unspecified atom stereocenters. The molecule has 4 aromatic rings. The lowest BCUT2D eigenvalue weighted by Crippen LogP contribution is -2.33. The standard InChI is InChI=1S/C26H25ClN4O5/c1-3-5-13-31-23-19(25(33)30-14-7-6-8-21(30)28-23)15-20(26(34)35-4-2)24(31)29-22(32)16-36-18-11-9-17(27)10-12-18/h6-12,14-15H,3-5,13,16H2,1-2H3. The molecular formula is C26H25ClN4O5. The zero-order valence-corrected chi connectivity index (χ0v) is 20.7. The molecule has 186 valence electrons. The van der Waals surface area contributed by atoms with Gasteiger partial charge in [-0.25, -0.2) is 9.78 Å². The molecule has 10 heteroatoms. The lowest BCUT2D eigenvalue weighted by Gasteiger charge is -2.15. The van der Waals surface area contributed by atoms with Crippen LogP contribution in [0.2, 0.25) is 5.02 Å². The van der Waals surface area contributed by atoms with Crippen molar-refractivity contribution in [1.29, 1.82) is 0 Å². The molecule has 1 amide bonds. The first-order valence-corrected chi connectivity index (χ1v) is 12.0. The van der Waals surface area contributed by atoms with E-state index in [2.05, 4.69) is 9.98 Å². The Hall–Kier alpha value is -3.98. The number of carbonyl (C=O) groups excluding carboxylic acids is 2. The summed E-state index contributed by atoms with van der Waals surface area (Å²) in [6, 6.07) is 13.2. The third-order valence-electron chi connectivity index (χ3n) is 5.43. The Morgan fingerprint density at radius 3 is 2.61 bits per heavy atom. The molecule has 0 aliphatic rings. The topological polar surface area (TPSA) is 104 Å². The number of ether oxygens (including phenoxy) is 2. The number of benzene rings is 1. The summed E-state index contributed by atoms with van der Waals surface area (Å²) in [4.78, 5) is 48.0. The number of aryl methyl sites for hydroxylation is 1. The maximum absolute atomic E-state index is 13.3. The van der Waals surface area contributed by atoms with Crippen LogP contribution in [0.4, 0.5) is 0 Å². The number of esters is 1. The third-order valence-corrected chi connectivity index (χ3v) is 5.68. The predicted octanol–water partition coefficient (Wildman–Crippen LogP) is 3.79. The number of halogens is 1. The summed E-state index contributed by atoms with van der Waals surface area (Å²) in [5, 5.41) is 0.767. The first-order chi connectivity index (χ1) is 17.4. The van der Waals surface area contributed by atoms with Gasteiger partial charge in [0.25, 0.3) is 11.5 Å². The van der Waals surface area contributed by atoms with Crippen LogP contribution in [0.25, 0.3) is 16.7 Å². The van der Waals surface area contributed by atoms with E-state index in [9.17, 15) is 14.4 Å². The lowest BCUT2D eigenvalue weighted by atomic mass is 10.2. The highest BCUT2D eigenvalue weighted by Gasteiger charge is 2.20. The van der Waals surface area contributed by atoms with E-state index in [4.69, 9.17) is 21.1 Å². The van der Waals surface area contributed by atoms with Gasteiger partial charge in [0.05, 0.1) is 12.0 Å². The van der Waals surface area contributed by atoms with E-state index in [1.807, 2.05) is 6.92 Å². The number of fused-ring (bicyclic) bond motifs is 2. The van der Waals surface area contributed by atoms with Crippen LogP contribution in [0.15, 0.2) is 64.5 Å². The van der Waals surface area contributed by atoms with Gasteiger partial charge in [0, 0.05) is 17.8 Å². The SMILES string of the molecule is CCCCn1c(=NC(=O)COc2ccc(Cl)cc2)c(C(=O)OCC)cc2c(=O)n3ccccc3nc21. The first kappa shape index (κ1) is 25.1. The molecule has 4 rings (SSSR count). The molecule has 0 atom stereocenters. The Balaban J connectivity index is 1.91. The van der Waals surface area contributed by atoms with Crippen molar-refractivity contribution in [3.05, 3.63) is 81.2 Å². The molecule has 0 spiro atoms. The Morgan fingerprint density at radius 2 is 1.89 bits per heavy atom. The Kier molecular flexibility index (Phi) is 7.80. The van der Waals surface area contributed by atoms with E-state index in [1.54, 1.807) is 60.2 Å². The van der Waals surface area contributed by atoms with Crippen molar-refractivity contribution in [3.8, 4) is 5.75 Å². The predicted molar refractivity (Wildman–Crippen MR) is 135 cm³/mol. The van der Waals surface area contributed by atoms with Crippen LogP contribution in [0.5, 0.6) is 5.75 Å². The average molecular weight is 509 g/mol. The highest BCUT2D eigenvalue weighted by Crippen LogP contribution is 2.16. The van der Waals surface area contributed by atoms with Gasteiger partial charge in [0.15, 0.2) is 12.1 Å². The summed E-state index contributed by atoms with van der Waals surface area (Å²) in [6.45, 7) is 3.84. The van der Waals surface area contributed by atoms with Crippen LogP contribution in [0.1, 0.15) is 37.0 Å². The smallest absolute Gasteiger partial charge is 0.341 e. The maximum Gasteiger partial charge on any atom is 0.341 e. The third kappa shape index (κ3) is 5.31. The Labute approximate surface area is 211 Å².